The summed E-state index contributed by atoms with van der Waals surface area (Å²) in [4.78, 5) is 27.2. The van der Waals surface area contributed by atoms with Gasteiger partial charge in [-0.3, -0.25) is 4.79 Å². The SMILES string of the molecule is N#Cc1cc(C(=O)N2C[C@H](CNc3ncc(Cl)cn3)[C@@H](c3ccc(Cl)c(Cl)c3)C2)ccn1. The van der Waals surface area contributed by atoms with Gasteiger partial charge in [-0.05, 0) is 29.8 Å². The number of nitrogens with one attached hydrogen (secondary N) is 1. The van der Waals surface area contributed by atoms with Crippen molar-refractivity contribution in [1.82, 2.24) is 19.9 Å². The van der Waals surface area contributed by atoms with Crippen LogP contribution in [0.15, 0.2) is 48.9 Å². The van der Waals surface area contributed by atoms with E-state index >= 15 is 0 Å². The number of benzene rings is 1. The van der Waals surface area contributed by atoms with Crippen molar-refractivity contribution in [2.45, 2.75) is 5.92 Å². The van der Waals surface area contributed by atoms with Gasteiger partial charge in [-0.25, -0.2) is 15.0 Å². The second-order valence-corrected chi connectivity index (χ2v) is 8.65. The first-order chi connectivity index (χ1) is 15.4. The second kappa shape index (κ2) is 9.70. The molecule has 1 aliphatic heterocycles. The lowest BCUT2D eigenvalue weighted by Crippen LogP contribution is -2.30. The van der Waals surface area contributed by atoms with Gasteiger partial charge in [0, 0.05) is 43.2 Å². The molecule has 162 valence electrons. The van der Waals surface area contributed by atoms with Gasteiger partial charge in [0.15, 0.2) is 0 Å². The van der Waals surface area contributed by atoms with Gasteiger partial charge in [0.05, 0.1) is 27.5 Å². The number of amides is 1. The van der Waals surface area contributed by atoms with Crippen LogP contribution in [0.5, 0.6) is 0 Å². The van der Waals surface area contributed by atoms with Gasteiger partial charge in [0.2, 0.25) is 5.95 Å². The van der Waals surface area contributed by atoms with E-state index in [0.717, 1.165) is 5.56 Å². The zero-order valence-corrected chi connectivity index (χ0v) is 18.9. The van der Waals surface area contributed by atoms with Crippen LogP contribution in [-0.2, 0) is 0 Å². The van der Waals surface area contributed by atoms with Crippen LogP contribution < -0.4 is 5.32 Å². The minimum absolute atomic E-state index is 0.0193. The molecule has 7 nitrogen and oxygen atoms in total. The molecule has 1 aromatic carbocycles. The van der Waals surface area contributed by atoms with Crippen LogP contribution in [-0.4, -0.2) is 45.4 Å². The van der Waals surface area contributed by atoms with Crippen LogP contribution in [0, 0.1) is 17.2 Å². The van der Waals surface area contributed by atoms with Crippen LogP contribution in [0.2, 0.25) is 15.1 Å². The van der Waals surface area contributed by atoms with Gasteiger partial charge in [-0.2, -0.15) is 5.26 Å². The monoisotopic (exact) mass is 486 g/mol. The maximum atomic E-state index is 13.2. The van der Waals surface area contributed by atoms with Gasteiger partial charge >= 0.3 is 0 Å². The highest BCUT2D eigenvalue weighted by Crippen LogP contribution is 2.36. The van der Waals surface area contributed by atoms with Gasteiger partial charge in [0.1, 0.15) is 11.8 Å². The molecule has 3 aromatic rings. The highest BCUT2D eigenvalue weighted by molar-refractivity contribution is 6.42. The zero-order chi connectivity index (χ0) is 22.7. The number of pyridine rings is 1. The Bertz CT molecular complexity index is 1180. The van der Waals surface area contributed by atoms with Crippen LogP contribution >= 0.6 is 34.8 Å². The van der Waals surface area contributed by atoms with E-state index in [1.165, 1.54) is 24.7 Å². The molecule has 0 unspecified atom stereocenters. The zero-order valence-electron chi connectivity index (χ0n) is 16.7. The summed E-state index contributed by atoms with van der Waals surface area (Å²) >= 11 is 18.2. The van der Waals surface area contributed by atoms with E-state index < -0.39 is 0 Å². The Hall–Kier alpha value is -2.92. The molecule has 1 aliphatic rings. The molecule has 4 rings (SSSR count). The van der Waals surface area contributed by atoms with E-state index in [-0.39, 0.29) is 23.4 Å². The highest BCUT2D eigenvalue weighted by Gasteiger charge is 2.36. The van der Waals surface area contributed by atoms with Crippen molar-refractivity contribution in [1.29, 1.82) is 5.26 Å². The number of nitriles is 1. The fourth-order valence-corrected chi connectivity index (χ4v) is 4.20. The summed E-state index contributed by atoms with van der Waals surface area (Å²) in [5, 5.41) is 13.7. The number of likely N-dealkylation sites (tertiary alicyclic amines) is 1. The Kier molecular flexibility index (Phi) is 6.75. The molecule has 32 heavy (non-hydrogen) atoms. The van der Waals surface area contributed by atoms with Crippen LogP contribution in [0.3, 0.4) is 0 Å². The standard InChI is InChI=1S/C22H17Cl3N6O/c23-16-9-29-22(30-10-16)28-8-15-11-31(21(32)14-3-4-27-17(5-14)7-26)12-18(15)13-1-2-19(24)20(25)6-13/h1-6,9-10,15,18H,8,11-12H2,(H,28,29,30)/t15-,18+/m0/s1. The fourth-order valence-electron chi connectivity index (χ4n) is 3.80. The summed E-state index contributed by atoms with van der Waals surface area (Å²) in [6.07, 6.45) is 4.51. The third-order valence-electron chi connectivity index (χ3n) is 5.36. The Morgan fingerprint density at radius 3 is 2.59 bits per heavy atom. The Morgan fingerprint density at radius 1 is 1.09 bits per heavy atom. The molecule has 0 bridgehead atoms. The average Bonchev–Trinajstić information content (AvgIpc) is 3.24. The second-order valence-electron chi connectivity index (χ2n) is 7.40. The largest absolute Gasteiger partial charge is 0.354 e. The molecule has 0 aliphatic carbocycles. The molecule has 3 heterocycles. The summed E-state index contributed by atoms with van der Waals surface area (Å²) in [7, 11) is 0. The highest BCUT2D eigenvalue weighted by atomic mass is 35.5. The van der Waals surface area contributed by atoms with E-state index in [0.29, 0.717) is 46.2 Å². The minimum atomic E-state index is -0.154. The lowest BCUT2D eigenvalue weighted by atomic mass is 9.89. The maximum absolute atomic E-state index is 13.2. The number of rotatable bonds is 5. The molecular formula is C22H17Cl3N6O. The summed E-state index contributed by atoms with van der Waals surface area (Å²) in [6, 6.07) is 10.6. The number of hydrogen-bond acceptors (Lipinski definition) is 6. The molecule has 10 heteroatoms. The molecule has 2 aromatic heterocycles. The van der Waals surface area contributed by atoms with E-state index in [1.54, 1.807) is 17.0 Å². The number of carbonyl (C=O) groups is 1. The number of hydrogen-bond donors (Lipinski definition) is 1. The van der Waals surface area contributed by atoms with Crippen molar-refractivity contribution in [2.24, 2.45) is 5.92 Å². The van der Waals surface area contributed by atoms with Crippen LogP contribution in [0.1, 0.15) is 27.5 Å². The molecule has 2 atom stereocenters. The van der Waals surface area contributed by atoms with Crippen molar-refractivity contribution < 1.29 is 4.79 Å². The minimum Gasteiger partial charge on any atom is -0.354 e. The molecule has 0 radical (unpaired) electrons. The van der Waals surface area contributed by atoms with Crippen molar-refractivity contribution in [2.75, 3.05) is 25.0 Å². The Morgan fingerprint density at radius 2 is 1.88 bits per heavy atom. The lowest BCUT2D eigenvalue weighted by molar-refractivity contribution is 0.0786. The van der Waals surface area contributed by atoms with Crippen LogP contribution in [0.25, 0.3) is 0 Å². The smallest absolute Gasteiger partial charge is 0.254 e. The summed E-state index contributed by atoms with van der Waals surface area (Å²) < 4.78 is 0. The summed E-state index contributed by atoms with van der Waals surface area (Å²) in [5.41, 5.74) is 1.62. The summed E-state index contributed by atoms with van der Waals surface area (Å²) in [5.74, 6) is 0.387. The topological polar surface area (TPSA) is 94.8 Å². The van der Waals surface area contributed by atoms with E-state index in [1.807, 2.05) is 18.2 Å². The van der Waals surface area contributed by atoms with E-state index in [9.17, 15) is 4.79 Å². The van der Waals surface area contributed by atoms with Gasteiger partial charge < -0.3 is 10.2 Å². The molecular weight excluding hydrogens is 471 g/mol. The molecule has 1 N–H and O–H groups in total. The van der Waals surface area contributed by atoms with Crippen LogP contribution in [0.4, 0.5) is 5.95 Å². The van der Waals surface area contributed by atoms with Crippen molar-refractivity contribution in [3.8, 4) is 6.07 Å². The first kappa shape index (κ1) is 22.3. The quantitative estimate of drug-likeness (QED) is 0.562. The number of aromatic nitrogens is 3. The van der Waals surface area contributed by atoms with Gasteiger partial charge in [-0.15, -0.1) is 0 Å². The van der Waals surface area contributed by atoms with E-state index in [4.69, 9.17) is 40.1 Å². The Balaban J connectivity index is 1.57. The molecule has 1 amide bonds. The number of carbonyl (C=O) groups excluding carboxylic acids is 1. The predicted octanol–water partition coefficient (Wildman–Crippen LogP) is 4.67. The maximum Gasteiger partial charge on any atom is 0.254 e. The average molecular weight is 488 g/mol. The predicted molar refractivity (Wildman–Crippen MR) is 123 cm³/mol. The molecule has 1 fully saturated rings. The molecule has 0 saturated carbocycles. The first-order valence-corrected chi connectivity index (χ1v) is 10.9. The van der Waals surface area contributed by atoms with Crippen molar-refractivity contribution in [3.63, 3.8) is 0 Å². The van der Waals surface area contributed by atoms with Gasteiger partial charge in [-0.1, -0.05) is 40.9 Å². The third-order valence-corrected chi connectivity index (χ3v) is 6.30. The fraction of sp³-hybridized carbons (Fsp3) is 0.227. The van der Waals surface area contributed by atoms with Crippen molar-refractivity contribution in [3.05, 3.63) is 80.8 Å². The lowest BCUT2D eigenvalue weighted by Gasteiger charge is -2.19. The number of halogens is 3. The normalized spacial score (nSPS) is 17.8. The number of nitrogens with zero attached hydrogens (tertiary/aromatic N) is 5. The van der Waals surface area contributed by atoms with E-state index in [2.05, 4.69) is 20.3 Å². The molecule has 0 spiro atoms. The van der Waals surface area contributed by atoms with Crippen molar-refractivity contribution >= 4 is 46.7 Å². The first-order valence-electron chi connectivity index (χ1n) is 9.76. The Labute approximate surface area is 200 Å². The molecule has 1 saturated heterocycles. The third kappa shape index (κ3) is 4.94. The summed E-state index contributed by atoms with van der Waals surface area (Å²) in [6.45, 7) is 1.54. The van der Waals surface area contributed by atoms with Gasteiger partial charge in [0.25, 0.3) is 5.91 Å². The number of anilines is 1.